The summed E-state index contributed by atoms with van der Waals surface area (Å²) in [4.78, 5) is 41.1. The third-order valence-electron chi connectivity index (χ3n) is 7.49. The maximum Gasteiger partial charge on any atom is 0.331 e. The van der Waals surface area contributed by atoms with Gasteiger partial charge in [-0.05, 0) is 29.4 Å². The number of carbonyl (C=O) groups excluding carboxylic acids is 2. The molecule has 0 bridgehead atoms. The van der Waals surface area contributed by atoms with Gasteiger partial charge in [0.15, 0.2) is 0 Å². The number of nitrogens with one attached hydrogen (secondary N) is 2. The Hall–Kier alpha value is -3.45. The van der Waals surface area contributed by atoms with Crippen LogP contribution in [0.2, 0.25) is 0 Å². The fourth-order valence-electron chi connectivity index (χ4n) is 4.83. The summed E-state index contributed by atoms with van der Waals surface area (Å²) in [7, 11) is 1.67. The predicted molar refractivity (Wildman–Crippen MR) is 161 cm³/mol. The summed E-state index contributed by atoms with van der Waals surface area (Å²) >= 11 is 0. The molecule has 0 saturated heterocycles. The van der Waals surface area contributed by atoms with Crippen LogP contribution < -0.4 is 10.6 Å². The second-order valence-corrected chi connectivity index (χ2v) is 12.5. The molecule has 2 aromatic carbocycles. The molecule has 7 heteroatoms. The predicted octanol–water partition coefficient (Wildman–Crippen LogP) is 5.17. The number of benzene rings is 2. The van der Waals surface area contributed by atoms with Crippen LogP contribution in [0.1, 0.15) is 66.5 Å². The van der Waals surface area contributed by atoms with Crippen molar-refractivity contribution in [3.05, 3.63) is 83.4 Å². The van der Waals surface area contributed by atoms with Crippen molar-refractivity contribution < 1.29 is 19.5 Å². The number of carboxylic acids is 1. The minimum atomic E-state index is -1.03. The monoisotopic (exact) mass is 549 g/mol. The highest BCUT2D eigenvalue weighted by Gasteiger charge is 2.42. The number of aliphatic carboxylic acids is 1. The maximum atomic E-state index is 14.1. The van der Waals surface area contributed by atoms with E-state index in [2.05, 4.69) is 10.6 Å². The molecule has 2 amide bonds. The molecule has 0 fully saturated rings. The Labute approximate surface area is 240 Å². The lowest BCUT2D eigenvalue weighted by molar-refractivity contribution is -0.141. The molecule has 0 radical (unpaired) electrons. The first kappa shape index (κ1) is 32.8. The van der Waals surface area contributed by atoms with Crippen LogP contribution in [0.5, 0.6) is 0 Å². The van der Waals surface area contributed by atoms with E-state index in [4.69, 9.17) is 0 Å². The summed E-state index contributed by atoms with van der Waals surface area (Å²) in [6.07, 6.45) is 1.61. The van der Waals surface area contributed by atoms with Gasteiger partial charge in [0, 0.05) is 24.6 Å². The lowest BCUT2D eigenvalue weighted by Crippen LogP contribution is -2.62. The average molecular weight is 550 g/mol. The van der Waals surface area contributed by atoms with Gasteiger partial charge >= 0.3 is 5.97 Å². The molecule has 3 atom stereocenters. The lowest BCUT2D eigenvalue weighted by Gasteiger charge is -2.40. The van der Waals surface area contributed by atoms with Crippen LogP contribution in [0.4, 0.5) is 0 Å². The van der Waals surface area contributed by atoms with Crippen LogP contribution in [-0.4, -0.2) is 53.0 Å². The van der Waals surface area contributed by atoms with Gasteiger partial charge in [0.1, 0.15) is 6.04 Å². The number of nitrogens with zero attached hydrogens (tertiary/aromatic N) is 1. The van der Waals surface area contributed by atoms with Crippen LogP contribution in [-0.2, 0) is 26.3 Å². The molecule has 0 saturated carbocycles. The van der Waals surface area contributed by atoms with Gasteiger partial charge in [-0.1, -0.05) is 115 Å². The van der Waals surface area contributed by atoms with Crippen LogP contribution in [0.15, 0.2) is 72.3 Å². The summed E-state index contributed by atoms with van der Waals surface area (Å²) < 4.78 is 0. The highest BCUT2D eigenvalue weighted by atomic mass is 16.4. The van der Waals surface area contributed by atoms with Crippen LogP contribution in [0.25, 0.3) is 0 Å². The summed E-state index contributed by atoms with van der Waals surface area (Å²) in [6, 6.07) is 17.8. The van der Waals surface area contributed by atoms with Crippen LogP contribution >= 0.6 is 0 Å². The molecular formula is C33H47N3O4. The number of rotatable bonds is 12. The van der Waals surface area contributed by atoms with E-state index in [0.29, 0.717) is 6.54 Å². The smallest absolute Gasteiger partial charge is 0.331 e. The molecule has 0 heterocycles. The molecule has 2 rings (SSSR count). The number of hydrogen-bond acceptors (Lipinski definition) is 4. The van der Waals surface area contributed by atoms with Gasteiger partial charge in [-0.15, -0.1) is 0 Å². The van der Waals surface area contributed by atoms with Gasteiger partial charge in [-0.3, -0.25) is 9.59 Å². The molecule has 0 aliphatic carbocycles. The topological polar surface area (TPSA) is 98.7 Å². The number of hydrogen-bond donors (Lipinski definition) is 3. The Morgan fingerprint density at radius 2 is 1.43 bits per heavy atom. The molecule has 0 spiro atoms. The third kappa shape index (κ3) is 8.52. The van der Waals surface area contributed by atoms with Crippen molar-refractivity contribution in [2.75, 3.05) is 7.05 Å². The number of amides is 2. The quantitative estimate of drug-likeness (QED) is 0.318. The Balaban J connectivity index is 2.44. The molecular weight excluding hydrogens is 502 g/mol. The fraction of sp³-hybridized carbons (Fsp3) is 0.485. The standard InChI is InChI=1S/C33H47N3O4/c1-22(2)26(20-23(3)31(39)40)36(9)30(38)28(32(4,5)6)35-29(37)27(34-21-24-16-12-10-13-17-24)33(7,8)25-18-14-11-15-19-25/h10-20,22,26-28,34H,21H2,1-9H3,(H,35,37)(H,39,40)/b23-20+/t26-,27-,28-/m1/s1. The van der Waals surface area contributed by atoms with Gasteiger partial charge in [-0.25, -0.2) is 4.79 Å². The zero-order valence-corrected chi connectivity index (χ0v) is 25.5. The average Bonchev–Trinajstić information content (AvgIpc) is 2.89. The van der Waals surface area contributed by atoms with E-state index in [0.717, 1.165) is 11.1 Å². The second kappa shape index (κ2) is 13.8. The van der Waals surface area contributed by atoms with Crippen molar-refractivity contribution in [1.82, 2.24) is 15.5 Å². The molecule has 2 aromatic rings. The molecule has 0 unspecified atom stereocenters. The van der Waals surface area contributed by atoms with Crippen molar-refractivity contribution in [3.8, 4) is 0 Å². The fourth-order valence-corrected chi connectivity index (χ4v) is 4.83. The Morgan fingerprint density at radius 1 is 0.900 bits per heavy atom. The van der Waals surface area contributed by atoms with E-state index >= 15 is 0 Å². The second-order valence-electron chi connectivity index (χ2n) is 12.5. The normalized spacial score (nSPS) is 14.8. The van der Waals surface area contributed by atoms with Crippen molar-refractivity contribution in [2.45, 2.75) is 85.5 Å². The Bertz CT molecular complexity index is 1170. The molecule has 40 heavy (non-hydrogen) atoms. The first-order valence-corrected chi connectivity index (χ1v) is 13.9. The largest absolute Gasteiger partial charge is 0.478 e. The molecule has 218 valence electrons. The van der Waals surface area contributed by atoms with Crippen LogP contribution in [0.3, 0.4) is 0 Å². The van der Waals surface area contributed by atoms with Crippen LogP contribution in [0, 0.1) is 11.3 Å². The van der Waals surface area contributed by atoms with E-state index < -0.39 is 34.9 Å². The van der Waals surface area contributed by atoms with Gasteiger partial charge in [-0.2, -0.15) is 0 Å². The minimum absolute atomic E-state index is 0.0307. The Kier molecular flexibility index (Phi) is 11.3. The Morgan fingerprint density at radius 3 is 1.90 bits per heavy atom. The summed E-state index contributed by atoms with van der Waals surface area (Å²) in [5, 5.41) is 16.0. The molecule has 0 aliphatic heterocycles. The van der Waals surface area contributed by atoms with E-state index in [1.807, 2.05) is 109 Å². The number of likely N-dealkylation sites (N-methyl/N-ethyl adjacent to an activating group) is 1. The zero-order valence-electron chi connectivity index (χ0n) is 25.5. The first-order chi connectivity index (χ1) is 18.6. The van der Waals surface area contributed by atoms with Crippen molar-refractivity contribution in [2.24, 2.45) is 11.3 Å². The first-order valence-electron chi connectivity index (χ1n) is 13.9. The lowest BCUT2D eigenvalue weighted by atomic mass is 9.76. The van der Waals surface area contributed by atoms with Crippen molar-refractivity contribution >= 4 is 17.8 Å². The van der Waals surface area contributed by atoms with E-state index in [-0.39, 0.29) is 23.3 Å². The third-order valence-corrected chi connectivity index (χ3v) is 7.49. The van der Waals surface area contributed by atoms with Crippen molar-refractivity contribution in [1.29, 1.82) is 0 Å². The minimum Gasteiger partial charge on any atom is -0.478 e. The zero-order chi connectivity index (χ0) is 30.3. The molecule has 7 nitrogen and oxygen atoms in total. The van der Waals surface area contributed by atoms with E-state index in [9.17, 15) is 19.5 Å². The molecule has 0 aromatic heterocycles. The summed E-state index contributed by atoms with van der Waals surface area (Å²) in [5.74, 6) is -1.60. The van der Waals surface area contributed by atoms with E-state index in [1.54, 1.807) is 18.0 Å². The highest BCUT2D eigenvalue weighted by molar-refractivity contribution is 5.91. The SMILES string of the molecule is C/C(=C\[C@H](C(C)C)N(C)C(=O)[C@@H](NC(=O)[C@@H](NCc1ccccc1)C(C)(C)c1ccccc1)C(C)(C)C)C(=O)O. The summed E-state index contributed by atoms with van der Waals surface area (Å²) in [5.41, 5.74) is 1.02. The van der Waals surface area contributed by atoms with Crippen molar-refractivity contribution in [3.63, 3.8) is 0 Å². The highest BCUT2D eigenvalue weighted by Crippen LogP contribution is 2.29. The molecule has 0 aliphatic rings. The molecule has 3 N–H and O–H groups in total. The van der Waals surface area contributed by atoms with Gasteiger partial charge in [0.05, 0.1) is 12.1 Å². The van der Waals surface area contributed by atoms with Gasteiger partial charge in [0.25, 0.3) is 0 Å². The summed E-state index contributed by atoms with van der Waals surface area (Å²) in [6.45, 7) is 15.7. The maximum absolute atomic E-state index is 14.1. The number of carboxylic acid groups (broad SMARTS) is 1. The number of carbonyl (C=O) groups is 3. The van der Waals surface area contributed by atoms with E-state index in [1.165, 1.54) is 6.92 Å². The van der Waals surface area contributed by atoms with Gasteiger partial charge in [0.2, 0.25) is 11.8 Å². The van der Waals surface area contributed by atoms with Gasteiger partial charge < -0.3 is 20.6 Å².